The number of nitrogens with zero attached hydrogens (tertiary/aromatic N) is 1. The van der Waals surface area contributed by atoms with Crippen molar-refractivity contribution in [2.24, 2.45) is 0 Å². The first-order chi connectivity index (χ1) is 8.33. The maximum absolute atomic E-state index is 8.99. The van der Waals surface area contributed by atoms with Gasteiger partial charge in [0.25, 0.3) is 0 Å². The number of nitriles is 1. The second-order valence-electron chi connectivity index (χ2n) is 3.83. The van der Waals surface area contributed by atoms with Crippen LogP contribution in [0, 0.1) is 11.3 Å². The van der Waals surface area contributed by atoms with E-state index >= 15 is 0 Å². The number of aryl methyl sites for hydroxylation is 1. The molecule has 17 heavy (non-hydrogen) atoms. The van der Waals surface area contributed by atoms with Gasteiger partial charge in [-0.25, -0.2) is 0 Å². The molecule has 84 valence electrons. The van der Waals surface area contributed by atoms with E-state index in [2.05, 4.69) is 30.4 Å². The quantitative estimate of drug-likeness (QED) is 0.855. The molecule has 2 aromatic carbocycles. The first-order valence-electron chi connectivity index (χ1n) is 5.68. The number of hydrogen-bond donors (Lipinski definition) is 1. The predicted octanol–water partition coefficient (Wildman–Crippen LogP) is 3.86. The monoisotopic (exact) mass is 222 g/mol. The minimum absolute atomic E-state index is 0.659. The topological polar surface area (TPSA) is 35.8 Å². The van der Waals surface area contributed by atoms with Gasteiger partial charge in [-0.2, -0.15) is 5.26 Å². The van der Waals surface area contributed by atoms with Crippen LogP contribution in [0.4, 0.5) is 11.4 Å². The first kappa shape index (κ1) is 11.2. The molecule has 0 unspecified atom stereocenters. The van der Waals surface area contributed by atoms with Gasteiger partial charge in [0.15, 0.2) is 0 Å². The molecule has 0 fully saturated rings. The highest BCUT2D eigenvalue weighted by Crippen LogP contribution is 2.20. The van der Waals surface area contributed by atoms with Crippen LogP contribution in [0.3, 0.4) is 0 Å². The molecule has 1 N–H and O–H groups in total. The van der Waals surface area contributed by atoms with Crippen LogP contribution in [0.1, 0.15) is 18.1 Å². The van der Waals surface area contributed by atoms with Crippen molar-refractivity contribution >= 4 is 11.4 Å². The van der Waals surface area contributed by atoms with E-state index in [1.807, 2.05) is 36.4 Å². The van der Waals surface area contributed by atoms with E-state index in [4.69, 9.17) is 5.26 Å². The van der Waals surface area contributed by atoms with E-state index in [-0.39, 0.29) is 0 Å². The molecule has 0 atom stereocenters. The standard InChI is InChI=1S/C15H14N2/c1-2-12-7-9-14(10-8-12)17-15-6-4-3-5-13(15)11-16/h3-10,17H,2H2,1H3. The molecular weight excluding hydrogens is 208 g/mol. The van der Waals surface area contributed by atoms with Gasteiger partial charge in [0, 0.05) is 5.69 Å². The normalized spacial score (nSPS) is 9.65. The van der Waals surface area contributed by atoms with E-state index in [1.54, 1.807) is 0 Å². The molecule has 0 amide bonds. The van der Waals surface area contributed by atoms with Crippen LogP contribution in [-0.2, 0) is 6.42 Å². The number of para-hydroxylation sites is 1. The summed E-state index contributed by atoms with van der Waals surface area (Å²) in [6.45, 7) is 2.13. The summed E-state index contributed by atoms with van der Waals surface area (Å²) < 4.78 is 0. The Bertz CT molecular complexity index is 536. The Labute approximate surface area is 102 Å². The summed E-state index contributed by atoms with van der Waals surface area (Å²) in [5.74, 6) is 0. The average Bonchev–Trinajstić information content (AvgIpc) is 2.40. The maximum Gasteiger partial charge on any atom is 0.101 e. The smallest absolute Gasteiger partial charge is 0.101 e. The van der Waals surface area contributed by atoms with Crippen molar-refractivity contribution in [1.29, 1.82) is 5.26 Å². The highest BCUT2D eigenvalue weighted by molar-refractivity contribution is 5.66. The molecule has 0 saturated heterocycles. The number of nitrogens with one attached hydrogen (secondary N) is 1. The third kappa shape index (κ3) is 2.64. The first-order valence-corrected chi connectivity index (χ1v) is 5.68. The molecule has 0 aliphatic heterocycles. The lowest BCUT2D eigenvalue weighted by Gasteiger charge is -2.08. The SMILES string of the molecule is CCc1ccc(Nc2ccccc2C#N)cc1. The van der Waals surface area contributed by atoms with Gasteiger partial charge < -0.3 is 5.32 Å². The van der Waals surface area contributed by atoms with Gasteiger partial charge in [0.2, 0.25) is 0 Å². The van der Waals surface area contributed by atoms with Crippen molar-refractivity contribution in [1.82, 2.24) is 0 Å². The molecule has 0 bridgehead atoms. The second kappa shape index (κ2) is 5.18. The fraction of sp³-hybridized carbons (Fsp3) is 0.133. The molecule has 0 aliphatic rings. The van der Waals surface area contributed by atoms with Crippen LogP contribution in [-0.4, -0.2) is 0 Å². The minimum atomic E-state index is 0.659. The number of hydrogen-bond acceptors (Lipinski definition) is 2. The number of benzene rings is 2. The van der Waals surface area contributed by atoms with E-state index < -0.39 is 0 Å². The molecule has 0 spiro atoms. The van der Waals surface area contributed by atoms with Gasteiger partial charge >= 0.3 is 0 Å². The number of rotatable bonds is 3. The fourth-order valence-electron chi connectivity index (χ4n) is 1.67. The Hall–Kier alpha value is -2.27. The van der Waals surface area contributed by atoms with Gasteiger partial charge in [0.05, 0.1) is 11.3 Å². The van der Waals surface area contributed by atoms with Crippen molar-refractivity contribution in [3.8, 4) is 6.07 Å². The summed E-state index contributed by atoms with van der Waals surface area (Å²) in [5, 5.41) is 12.2. The molecule has 0 aliphatic carbocycles. The van der Waals surface area contributed by atoms with Crippen LogP contribution in [0.15, 0.2) is 48.5 Å². The maximum atomic E-state index is 8.99. The Balaban J connectivity index is 2.23. The Kier molecular flexibility index (Phi) is 3.42. The average molecular weight is 222 g/mol. The van der Waals surface area contributed by atoms with Crippen LogP contribution in [0.2, 0.25) is 0 Å². The molecule has 2 rings (SSSR count). The van der Waals surface area contributed by atoms with Crippen molar-refractivity contribution in [3.05, 3.63) is 59.7 Å². The zero-order valence-corrected chi connectivity index (χ0v) is 9.77. The van der Waals surface area contributed by atoms with Crippen LogP contribution in [0.5, 0.6) is 0 Å². The van der Waals surface area contributed by atoms with E-state index in [1.165, 1.54) is 5.56 Å². The van der Waals surface area contributed by atoms with Gasteiger partial charge in [-0.3, -0.25) is 0 Å². The molecule has 0 radical (unpaired) electrons. The molecule has 0 aromatic heterocycles. The summed E-state index contributed by atoms with van der Waals surface area (Å²) in [5.41, 5.74) is 3.82. The summed E-state index contributed by atoms with van der Waals surface area (Å²) in [7, 11) is 0. The third-order valence-electron chi connectivity index (χ3n) is 2.69. The molecule has 2 nitrogen and oxygen atoms in total. The number of anilines is 2. The van der Waals surface area contributed by atoms with Gasteiger partial charge in [-0.1, -0.05) is 31.2 Å². The Morgan fingerprint density at radius 1 is 1.06 bits per heavy atom. The summed E-state index contributed by atoms with van der Waals surface area (Å²) in [6.07, 6.45) is 1.04. The Morgan fingerprint density at radius 3 is 2.41 bits per heavy atom. The van der Waals surface area contributed by atoms with Crippen LogP contribution < -0.4 is 5.32 Å². The highest BCUT2D eigenvalue weighted by Gasteiger charge is 2.00. The lowest BCUT2D eigenvalue weighted by molar-refractivity contribution is 1.14. The molecule has 2 heteroatoms. The van der Waals surface area contributed by atoms with E-state index in [9.17, 15) is 0 Å². The molecular formula is C15H14N2. The fourth-order valence-corrected chi connectivity index (χ4v) is 1.67. The highest BCUT2D eigenvalue weighted by atomic mass is 14.9. The van der Waals surface area contributed by atoms with Crippen LogP contribution in [0.25, 0.3) is 0 Å². The van der Waals surface area contributed by atoms with Crippen molar-refractivity contribution in [2.45, 2.75) is 13.3 Å². The van der Waals surface area contributed by atoms with E-state index in [0.29, 0.717) is 5.56 Å². The van der Waals surface area contributed by atoms with Crippen molar-refractivity contribution in [2.75, 3.05) is 5.32 Å². The lowest BCUT2D eigenvalue weighted by Crippen LogP contribution is -1.93. The molecule has 0 saturated carbocycles. The summed E-state index contributed by atoms with van der Waals surface area (Å²) in [6, 6.07) is 17.9. The lowest BCUT2D eigenvalue weighted by atomic mass is 10.1. The zero-order valence-electron chi connectivity index (χ0n) is 9.77. The van der Waals surface area contributed by atoms with Gasteiger partial charge in [0.1, 0.15) is 6.07 Å². The summed E-state index contributed by atoms with van der Waals surface area (Å²) >= 11 is 0. The minimum Gasteiger partial charge on any atom is -0.354 e. The zero-order chi connectivity index (χ0) is 12.1. The van der Waals surface area contributed by atoms with Gasteiger partial charge in [-0.05, 0) is 36.2 Å². The molecule has 2 aromatic rings. The van der Waals surface area contributed by atoms with Crippen molar-refractivity contribution < 1.29 is 0 Å². The van der Waals surface area contributed by atoms with Crippen molar-refractivity contribution in [3.63, 3.8) is 0 Å². The Morgan fingerprint density at radius 2 is 1.76 bits per heavy atom. The van der Waals surface area contributed by atoms with E-state index in [0.717, 1.165) is 17.8 Å². The second-order valence-corrected chi connectivity index (χ2v) is 3.83. The molecule has 0 heterocycles. The predicted molar refractivity (Wildman–Crippen MR) is 70.3 cm³/mol. The van der Waals surface area contributed by atoms with Gasteiger partial charge in [-0.15, -0.1) is 0 Å². The van der Waals surface area contributed by atoms with Crippen LogP contribution >= 0.6 is 0 Å². The summed E-state index contributed by atoms with van der Waals surface area (Å²) in [4.78, 5) is 0. The third-order valence-corrected chi connectivity index (χ3v) is 2.69. The largest absolute Gasteiger partial charge is 0.354 e.